The predicted molar refractivity (Wildman–Crippen MR) is 74.0 cm³/mol. The third kappa shape index (κ3) is 1.97. The second-order valence-corrected chi connectivity index (χ2v) is 5.11. The quantitative estimate of drug-likeness (QED) is 0.796. The number of aromatic nitrogens is 3. The second kappa shape index (κ2) is 4.61. The lowest BCUT2D eigenvalue weighted by Gasteiger charge is -2.16. The van der Waals surface area contributed by atoms with Crippen LogP contribution in [0.1, 0.15) is 29.7 Å². The molecule has 3 rings (SSSR count). The molecule has 0 atom stereocenters. The van der Waals surface area contributed by atoms with Crippen molar-refractivity contribution in [3.63, 3.8) is 0 Å². The Balaban J connectivity index is 2.17. The minimum absolute atomic E-state index is 0.739. The van der Waals surface area contributed by atoms with Crippen LogP contribution in [0.25, 0.3) is 11.5 Å². The maximum absolute atomic E-state index is 5.41. The topological polar surface area (TPSA) is 41.6 Å². The first-order chi connectivity index (χ1) is 8.75. The first kappa shape index (κ1) is 11.5. The highest BCUT2D eigenvalue weighted by Gasteiger charge is 2.15. The van der Waals surface area contributed by atoms with Gasteiger partial charge in [0.15, 0.2) is 5.82 Å². The number of aromatic amines is 1. The van der Waals surface area contributed by atoms with E-state index in [9.17, 15) is 0 Å². The molecule has 0 amide bonds. The van der Waals surface area contributed by atoms with Crippen molar-refractivity contribution in [2.24, 2.45) is 0 Å². The Bertz CT molecular complexity index is 646. The molecule has 2 aromatic rings. The Morgan fingerprint density at radius 3 is 2.94 bits per heavy atom. The van der Waals surface area contributed by atoms with Crippen LogP contribution in [0.3, 0.4) is 0 Å². The lowest BCUT2D eigenvalue weighted by Crippen LogP contribution is -2.09. The van der Waals surface area contributed by atoms with E-state index in [0.29, 0.717) is 0 Å². The third-order valence-corrected chi connectivity index (χ3v) is 3.78. The molecular weight excluding hydrogens is 242 g/mol. The molecule has 18 heavy (non-hydrogen) atoms. The molecule has 1 N–H and O–H groups in total. The van der Waals surface area contributed by atoms with E-state index < -0.39 is 0 Å². The number of fused-ring (bicyclic) bond motifs is 1. The van der Waals surface area contributed by atoms with Gasteiger partial charge in [0.25, 0.3) is 0 Å². The van der Waals surface area contributed by atoms with Crippen molar-refractivity contribution in [3.05, 3.63) is 39.8 Å². The highest BCUT2D eigenvalue weighted by Crippen LogP contribution is 2.23. The molecule has 1 aliphatic carbocycles. The van der Waals surface area contributed by atoms with Gasteiger partial charge in [-0.1, -0.05) is 18.3 Å². The van der Waals surface area contributed by atoms with Gasteiger partial charge in [-0.05, 0) is 44.2 Å². The Labute approximate surface area is 111 Å². The van der Waals surface area contributed by atoms with Gasteiger partial charge in [0.05, 0.1) is 0 Å². The summed E-state index contributed by atoms with van der Waals surface area (Å²) in [7, 11) is 0. The van der Waals surface area contributed by atoms with Crippen LogP contribution in [0.5, 0.6) is 0 Å². The minimum Gasteiger partial charge on any atom is -0.342 e. The zero-order valence-electron chi connectivity index (χ0n) is 10.4. The summed E-state index contributed by atoms with van der Waals surface area (Å²) >= 11 is 5.41. The van der Waals surface area contributed by atoms with Gasteiger partial charge in [-0.3, -0.25) is 4.98 Å². The van der Waals surface area contributed by atoms with Crippen molar-refractivity contribution < 1.29 is 0 Å². The van der Waals surface area contributed by atoms with Crippen LogP contribution >= 0.6 is 12.2 Å². The summed E-state index contributed by atoms with van der Waals surface area (Å²) < 4.78 is 0.739. The molecule has 2 aromatic heterocycles. The van der Waals surface area contributed by atoms with Gasteiger partial charge < -0.3 is 4.98 Å². The van der Waals surface area contributed by atoms with Gasteiger partial charge in [0.2, 0.25) is 0 Å². The van der Waals surface area contributed by atoms with Gasteiger partial charge in [0, 0.05) is 17.5 Å². The average Bonchev–Trinajstić information content (AvgIpc) is 2.39. The third-order valence-electron chi connectivity index (χ3n) is 3.44. The number of hydrogen-bond acceptors (Lipinski definition) is 3. The molecule has 4 heteroatoms. The maximum atomic E-state index is 5.41. The summed E-state index contributed by atoms with van der Waals surface area (Å²) in [6, 6.07) is 3.98. The molecule has 2 heterocycles. The highest BCUT2D eigenvalue weighted by molar-refractivity contribution is 7.71. The largest absolute Gasteiger partial charge is 0.342 e. The number of aryl methyl sites for hydroxylation is 2. The average molecular weight is 257 g/mol. The first-order valence-corrected chi connectivity index (χ1v) is 6.70. The SMILES string of the molecule is Cc1cccnc1-c1nc(=S)c2c([nH]1)CCCC2. The van der Waals surface area contributed by atoms with E-state index in [0.717, 1.165) is 34.6 Å². The van der Waals surface area contributed by atoms with Gasteiger partial charge in [-0.15, -0.1) is 0 Å². The van der Waals surface area contributed by atoms with Gasteiger partial charge in [-0.25, -0.2) is 4.98 Å². The number of pyridine rings is 1. The number of nitrogens with one attached hydrogen (secondary N) is 1. The standard InChI is InChI=1S/C14H15N3S/c1-9-5-4-8-15-12(9)13-16-11-7-3-2-6-10(11)14(18)17-13/h4-5,8H,2-3,6-7H2,1H3,(H,16,17,18). The second-order valence-electron chi connectivity index (χ2n) is 4.72. The van der Waals surface area contributed by atoms with Crippen LogP contribution in [0.2, 0.25) is 0 Å². The molecule has 0 aliphatic heterocycles. The van der Waals surface area contributed by atoms with Gasteiger partial charge in [-0.2, -0.15) is 0 Å². The lowest BCUT2D eigenvalue weighted by molar-refractivity contribution is 0.661. The van der Waals surface area contributed by atoms with E-state index in [1.807, 2.05) is 19.1 Å². The van der Waals surface area contributed by atoms with Gasteiger partial charge >= 0.3 is 0 Å². The molecule has 0 unspecified atom stereocenters. The Hall–Kier alpha value is -1.55. The fourth-order valence-corrected chi connectivity index (χ4v) is 2.78. The molecule has 3 nitrogen and oxygen atoms in total. The van der Waals surface area contributed by atoms with E-state index in [2.05, 4.69) is 15.0 Å². The summed E-state index contributed by atoms with van der Waals surface area (Å²) in [6.07, 6.45) is 6.36. The van der Waals surface area contributed by atoms with Crippen molar-refractivity contribution in [1.82, 2.24) is 15.0 Å². The van der Waals surface area contributed by atoms with E-state index in [1.165, 1.54) is 24.1 Å². The Kier molecular flexibility index (Phi) is 2.96. The summed E-state index contributed by atoms with van der Waals surface area (Å²) in [6.45, 7) is 2.04. The molecule has 1 aliphatic rings. The Morgan fingerprint density at radius 2 is 2.11 bits per heavy atom. The summed E-state index contributed by atoms with van der Waals surface area (Å²) in [5.41, 5.74) is 4.50. The Morgan fingerprint density at radius 1 is 1.28 bits per heavy atom. The van der Waals surface area contributed by atoms with E-state index in [-0.39, 0.29) is 0 Å². The van der Waals surface area contributed by atoms with Crippen LogP contribution in [-0.2, 0) is 12.8 Å². The van der Waals surface area contributed by atoms with E-state index in [1.54, 1.807) is 6.20 Å². The molecule has 0 bridgehead atoms. The molecule has 0 radical (unpaired) electrons. The fraction of sp³-hybridized carbons (Fsp3) is 0.357. The number of H-pyrrole nitrogens is 1. The van der Waals surface area contributed by atoms with Gasteiger partial charge in [0.1, 0.15) is 10.3 Å². The van der Waals surface area contributed by atoms with Crippen LogP contribution < -0.4 is 0 Å². The summed E-state index contributed by atoms with van der Waals surface area (Å²) in [4.78, 5) is 12.3. The van der Waals surface area contributed by atoms with Crippen LogP contribution in [0.4, 0.5) is 0 Å². The smallest absolute Gasteiger partial charge is 0.158 e. The zero-order chi connectivity index (χ0) is 12.5. The number of nitrogens with zero attached hydrogens (tertiary/aromatic N) is 2. The molecule has 0 saturated heterocycles. The van der Waals surface area contributed by atoms with Crippen LogP contribution in [0.15, 0.2) is 18.3 Å². The normalized spacial score (nSPS) is 14.3. The molecule has 0 aromatic carbocycles. The molecular formula is C14H15N3S. The number of hydrogen-bond donors (Lipinski definition) is 1. The lowest BCUT2D eigenvalue weighted by atomic mass is 9.97. The van der Waals surface area contributed by atoms with Crippen LogP contribution in [-0.4, -0.2) is 15.0 Å². The monoisotopic (exact) mass is 257 g/mol. The van der Waals surface area contributed by atoms with Crippen LogP contribution in [0, 0.1) is 11.6 Å². The van der Waals surface area contributed by atoms with Crippen molar-refractivity contribution in [1.29, 1.82) is 0 Å². The first-order valence-electron chi connectivity index (χ1n) is 6.30. The van der Waals surface area contributed by atoms with Crippen molar-refractivity contribution in [2.75, 3.05) is 0 Å². The van der Waals surface area contributed by atoms with Crippen molar-refractivity contribution >= 4 is 12.2 Å². The molecule has 0 fully saturated rings. The minimum atomic E-state index is 0.739. The molecule has 92 valence electrons. The van der Waals surface area contributed by atoms with Crippen molar-refractivity contribution in [3.8, 4) is 11.5 Å². The zero-order valence-corrected chi connectivity index (χ0v) is 11.2. The molecule has 0 spiro atoms. The summed E-state index contributed by atoms with van der Waals surface area (Å²) in [5, 5.41) is 0. The number of rotatable bonds is 1. The van der Waals surface area contributed by atoms with E-state index in [4.69, 9.17) is 12.2 Å². The summed E-state index contributed by atoms with van der Waals surface area (Å²) in [5.74, 6) is 0.804. The molecule has 0 saturated carbocycles. The van der Waals surface area contributed by atoms with E-state index >= 15 is 0 Å². The highest BCUT2D eigenvalue weighted by atomic mass is 32.1. The fourth-order valence-electron chi connectivity index (χ4n) is 2.46. The predicted octanol–water partition coefficient (Wildman–Crippen LogP) is 3.39. The maximum Gasteiger partial charge on any atom is 0.158 e. The van der Waals surface area contributed by atoms with Crippen molar-refractivity contribution in [2.45, 2.75) is 32.6 Å².